The monoisotopic (exact) mass is 578 g/mol. The molecule has 11 heteroatoms. The Kier molecular flexibility index (Phi) is 6.97. The number of rotatable bonds is 6. The van der Waals surface area contributed by atoms with Gasteiger partial charge in [0.05, 0.1) is 11.1 Å². The standard InChI is InChI=1S/C31H29F3N4O4/c1-4-21-23(32)7-6-18-14-20(39)15-22(24(18)21)27-17(2)26-25(29(40)42-27)28(38-10-5-11-38)36-30(35-26)41-16-31(33,34)19-8-12-37(3)13-9-19/h1,6-7,14-15,19,39H,5,8-13,16H2,2-3H3. The fraction of sp³-hybridized carbons (Fsp3) is 0.387. The molecule has 0 aliphatic carbocycles. The van der Waals surface area contributed by atoms with Gasteiger partial charge in [0.15, 0.2) is 12.4 Å². The zero-order chi connectivity index (χ0) is 29.8. The minimum absolute atomic E-state index is 0.00589. The van der Waals surface area contributed by atoms with Crippen LogP contribution in [0.3, 0.4) is 0 Å². The van der Waals surface area contributed by atoms with E-state index in [2.05, 4.69) is 15.9 Å². The maximum atomic E-state index is 15.1. The number of halogens is 3. The van der Waals surface area contributed by atoms with Gasteiger partial charge in [0.1, 0.15) is 22.7 Å². The van der Waals surface area contributed by atoms with E-state index in [1.165, 1.54) is 24.3 Å². The van der Waals surface area contributed by atoms with E-state index in [4.69, 9.17) is 15.6 Å². The molecule has 4 heterocycles. The maximum Gasteiger partial charge on any atom is 0.349 e. The average molecular weight is 579 g/mol. The van der Waals surface area contributed by atoms with Crippen molar-refractivity contribution in [3.63, 3.8) is 0 Å². The number of phenols is 1. The second kappa shape index (κ2) is 10.5. The summed E-state index contributed by atoms with van der Waals surface area (Å²) < 4.78 is 56.3. The molecule has 0 bridgehead atoms. The lowest BCUT2D eigenvalue weighted by Crippen LogP contribution is -2.42. The highest BCUT2D eigenvalue weighted by molar-refractivity contribution is 6.03. The van der Waals surface area contributed by atoms with Gasteiger partial charge in [-0.25, -0.2) is 18.0 Å². The van der Waals surface area contributed by atoms with Crippen molar-refractivity contribution in [2.24, 2.45) is 5.92 Å². The Bertz CT molecular complexity index is 1810. The van der Waals surface area contributed by atoms with Gasteiger partial charge in [-0.1, -0.05) is 12.0 Å². The molecular weight excluding hydrogens is 549 g/mol. The molecule has 2 aliphatic rings. The van der Waals surface area contributed by atoms with Gasteiger partial charge in [-0.05, 0) is 69.9 Å². The topological polar surface area (TPSA) is 91.9 Å². The Morgan fingerprint density at radius 2 is 1.90 bits per heavy atom. The van der Waals surface area contributed by atoms with E-state index in [-0.39, 0.29) is 50.8 Å². The third kappa shape index (κ3) is 4.79. The number of fused-ring (bicyclic) bond motifs is 2. The van der Waals surface area contributed by atoms with Crippen LogP contribution in [0.15, 0.2) is 33.5 Å². The number of ether oxygens (including phenoxy) is 1. The van der Waals surface area contributed by atoms with Crippen LogP contribution in [-0.2, 0) is 0 Å². The molecule has 0 radical (unpaired) electrons. The Hall–Kier alpha value is -4.30. The number of aryl methyl sites for hydroxylation is 1. The summed E-state index contributed by atoms with van der Waals surface area (Å²) in [4.78, 5) is 26.1. The number of alkyl halides is 2. The molecule has 0 amide bonds. The highest BCUT2D eigenvalue weighted by Crippen LogP contribution is 2.40. The van der Waals surface area contributed by atoms with Gasteiger partial charge in [0, 0.05) is 35.5 Å². The predicted octanol–water partition coefficient (Wildman–Crippen LogP) is 5.10. The molecule has 1 N–H and O–H groups in total. The van der Waals surface area contributed by atoms with Gasteiger partial charge in [-0.2, -0.15) is 9.97 Å². The summed E-state index contributed by atoms with van der Waals surface area (Å²) in [6.45, 7) is 3.12. The smallest absolute Gasteiger partial charge is 0.349 e. The molecule has 6 rings (SSSR count). The van der Waals surface area contributed by atoms with E-state index in [1.54, 1.807) is 6.92 Å². The first-order valence-corrected chi connectivity index (χ1v) is 13.8. The molecule has 4 aromatic rings. The van der Waals surface area contributed by atoms with E-state index in [1.807, 2.05) is 16.8 Å². The zero-order valence-corrected chi connectivity index (χ0v) is 23.2. The number of aromatic hydroxyl groups is 1. The number of aromatic nitrogens is 2. The second-order valence-corrected chi connectivity index (χ2v) is 11.0. The lowest BCUT2D eigenvalue weighted by Gasteiger charge is -2.34. The van der Waals surface area contributed by atoms with Gasteiger partial charge in [-0.15, -0.1) is 6.42 Å². The molecule has 2 fully saturated rings. The molecule has 42 heavy (non-hydrogen) atoms. The minimum Gasteiger partial charge on any atom is -0.508 e. The number of likely N-dealkylation sites (tertiary alicyclic amines) is 1. The molecule has 2 aliphatic heterocycles. The number of benzene rings is 2. The molecule has 0 unspecified atom stereocenters. The zero-order valence-electron chi connectivity index (χ0n) is 23.2. The Balaban J connectivity index is 1.49. The molecular formula is C31H29F3N4O4. The van der Waals surface area contributed by atoms with Gasteiger partial charge >= 0.3 is 11.6 Å². The van der Waals surface area contributed by atoms with E-state index in [0.29, 0.717) is 50.0 Å². The Labute approximate surface area is 239 Å². The Morgan fingerprint density at radius 3 is 2.57 bits per heavy atom. The third-order valence-electron chi connectivity index (χ3n) is 8.27. The highest BCUT2D eigenvalue weighted by Gasteiger charge is 2.42. The van der Waals surface area contributed by atoms with Crippen molar-refractivity contribution in [2.75, 3.05) is 44.7 Å². The van der Waals surface area contributed by atoms with Crippen LogP contribution in [0.5, 0.6) is 11.8 Å². The van der Waals surface area contributed by atoms with Crippen LogP contribution in [0.1, 0.15) is 30.4 Å². The van der Waals surface area contributed by atoms with E-state index >= 15 is 8.78 Å². The van der Waals surface area contributed by atoms with Crippen molar-refractivity contribution in [1.29, 1.82) is 0 Å². The first kappa shape index (κ1) is 27.8. The number of terminal acetylenes is 1. The fourth-order valence-corrected chi connectivity index (χ4v) is 5.75. The van der Waals surface area contributed by atoms with Crippen LogP contribution >= 0.6 is 0 Å². The predicted molar refractivity (Wildman–Crippen MR) is 153 cm³/mol. The molecule has 2 saturated heterocycles. The summed E-state index contributed by atoms with van der Waals surface area (Å²) in [5, 5.41) is 11.2. The van der Waals surface area contributed by atoms with Crippen molar-refractivity contribution in [3.8, 4) is 35.4 Å². The number of nitrogens with zero attached hydrogens (tertiary/aromatic N) is 4. The molecule has 0 saturated carbocycles. The molecule has 0 atom stereocenters. The van der Waals surface area contributed by atoms with E-state index in [9.17, 15) is 14.3 Å². The minimum atomic E-state index is -3.09. The van der Waals surface area contributed by atoms with Gasteiger partial charge in [0.2, 0.25) is 0 Å². The van der Waals surface area contributed by atoms with Crippen molar-refractivity contribution in [1.82, 2.24) is 14.9 Å². The molecule has 2 aromatic carbocycles. The lowest BCUT2D eigenvalue weighted by molar-refractivity contribution is -0.106. The largest absolute Gasteiger partial charge is 0.508 e. The highest BCUT2D eigenvalue weighted by atomic mass is 19.3. The van der Waals surface area contributed by atoms with Crippen molar-refractivity contribution in [2.45, 2.75) is 32.1 Å². The average Bonchev–Trinajstić information content (AvgIpc) is 2.93. The second-order valence-electron chi connectivity index (χ2n) is 11.0. The molecule has 0 spiro atoms. The van der Waals surface area contributed by atoms with Crippen LogP contribution in [0.2, 0.25) is 0 Å². The summed E-state index contributed by atoms with van der Waals surface area (Å²) in [6, 6.07) is 5.13. The summed E-state index contributed by atoms with van der Waals surface area (Å²) >= 11 is 0. The third-order valence-corrected chi connectivity index (χ3v) is 8.27. The first-order chi connectivity index (χ1) is 20.1. The Morgan fingerprint density at radius 1 is 1.17 bits per heavy atom. The van der Waals surface area contributed by atoms with Crippen molar-refractivity contribution >= 4 is 27.5 Å². The van der Waals surface area contributed by atoms with Crippen LogP contribution < -0.4 is 15.3 Å². The van der Waals surface area contributed by atoms with Crippen molar-refractivity contribution < 1.29 is 27.4 Å². The fourth-order valence-electron chi connectivity index (χ4n) is 5.75. The normalized spacial score (nSPS) is 16.5. The summed E-state index contributed by atoms with van der Waals surface area (Å²) in [5.41, 5.74) is -0.153. The molecule has 2 aromatic heterocycles. The van der Waals surface area contributed by atoms with Gasteiger partial charge in [-0.3, -0.25) is 0 Å². The maximum absolute atomic E-state index is 15.1. The number of hydrogen-bond acceptors (Lipinski definition) is 8. The molecule has 8 nitrogen and oxygen atoms in total. The van der Waals surface area contributed by atoms with E-state index in [0.717, 1.165) is 6.42 Å². The van der Waals surface area contributed by atoms with Crippen LogP contribution in [0.4, 0.5) is 19.0 Å². The van der Waals surface area contributed by atoms with Gasteiger partial charge in [0.25, 0.3) is 5.92 Å². The number of piperidine rings is 1. The van der Waals surface area contributed by atoms with E-state index < -0.39 is 29.9 Å². The van der Waals surface area contributed by atoms with Gasteiger partial charge < -0.3 is 24.1 Å². The lowest BCUT2D eigenvalue weighted by atomic mass is 9.91. The summed E-state index contributed by atoms with van der Waals surface area (Å²) in [5.74, 6) is -2.13. The van der Waals surface area contributed by atoms with Crippen LogP contribution in [0.25, 0.3) is 33.0 Å². The van der Waals surface area contributed by atoms with Crippen LogP contribution in [0, 0.1) is 31.0 Å². The summed E-state index contributed by atoms with van der Waals surface area (Å²) in [7, 11) is 1.90. The SMILES string of the molecule is C#Cc1c(F)ccc2cc(O)cc(-c3oc(=O)c4c(N5CCC5)nc(OCC(F)(F)C5CCN(C)CC5)nc4c3C)c12. The number of anilines is 1. The summed E-state index contributed by atoms with van der Waals surface area (Å²) in [6.07, 6.45) is 7.21. The first-order valence-electron chi connectivity index (χ1n) is 13.8. The molecule has 218 valence electrons. The van der Waals surface area contributed by atoms with Crippen LogP contribution in [-0.4, -0.2) is 65.7 Å². The number of hydrogen-bond donors (Lipinski definition) is 1. The van der Waals surface area contributed by atoms with Crippen molar-refractivity contribution in [3.05, 3.63) is 51.6 Å². The quantitative estimate of drug-likeness (QED) is 0.316. The number of phenolic OH excluding ortho intramolecular Hbond substituents is 1.